The van der Waals surface area contributed by atoms with Crippen LogP contribution in [0.25, 0.3) is 0 Å². The quantitative estimate of drug-likeness (QED) is 0.688. The second kappa shape index (κ2) is 8.88. The highest BCUT2D eigenvalue weighted by atomic mass is 32.2. The minimum absolute atomic E-state index is 0.0164. The molecule has 2 rings (SSSR count). The van der Waals surface area contributed by atoms with E-state index in [1.807, 2.05) is 0 Å². The molecule has 1 saturated heterocycles. The smallest absolute Gasteiger partial charge is 0.258 e. The van der Waals surface area contributed by atoms with Gasteiger partial charge in [0.1, 0.15) is 0 Å². The van der Waals surface area contributed by atoms with E-state index >= 15 is 0 Å². The van der Waals surface area contributed by atoms with Crippen LogP contribution in [0.4, 0.5) is 0 Å². The highest BCUT2D eigenvalue weighted by molar-refractivity contribution is 7.91. The number of ether oxygens (including phenoxy) is 2. The van der Waals surface area contributed by atoms with Crippen LogP contribution in [0.3, 0.4) is 0 Å². The summed E-state index contributed by atoms with van der Waals surface area (Å²) in [6.45, 7) is 1.70. The van der Waals surface area contributed by atoms with Crippen molar-refractivity contribution in [3.63, 3.8) is 0 Å². The van der Waals surface area contributed by atoms with Gasteiger partial charge in [-0.1, -0.05) is 12.1 Å². The van der Waals surface area contributed by atoms with Crippen molar-refractivity contribution in [2.24, 2.45) is 0 Å². The molecule has 0 aromatic heterocycles. The lowest BCUT2D eigenvalue weighted by atomic mass is 10.2. The first-order valence-electron chi connectivity index (χ1n) is 8.32. The van der Waals surface area contributed by atoms with Gasteiger partial charge in [0.15, 0.2) is 27.9 Å². The van der Waals surface area contributed by atoms with Crippen LogP contribution in [0.5, 0.6) is 11.5 Å². The molecule has 0 radical (unpaired) electrons. The monoisotopic (exact) mass is 384 g/mol. The predicted molar refractivity (Wildman–Crippen MR) is 95.9 cm³/mol. The number of benzene rings is 1. The SMILES string of the molecule is COc1ccccc1OCC(=O)NCCN(C(C)=O)C1CCS(=O)(=O)C1. The van der Waals surface area contributed by atoms with Crippen molar-refractivity contribution >= 4 is 21.7 Å². The van der Waals surface area contributed by atoms with E-state index in [9.17, 15) is 18.0 Å². The van der Waals surface area contributed by atoms with Gasteiger partial charge in [-0.15, -0.1) is 0 Å². The van der Waals surface area contributed by atoms with Gasteiger partial charge in [0.25, 0.3) is 5.91 Å². The standard InChI is InChI=1S/C17H24N2O6S/c1-13(20)19(14-7-10-26(22,23)12-14)9-8-18-17(21)11-25-16-6-4-3-5-15(16)24-2/h3-6,14H,7-12H2,1-2H3,(H,18,21). The van der Waals surface area contributed by atoms with Gasteiger partial charge in [0.05, 0.1) is 18.6 Å². The summed E-state index contributed by atoms with van der Waals surface area (Å²) in [5, 5.41) is 2.67. The maximum atomic E-state index is 11.9. The van der Waals surface area contributed by atoms with E-state index in [4.69, 9.17) is 9.47 Å². The molecule has 0 saturated carbocycles. The van der Waals surface area contributed by atoms with Gasteiger partial charge >= 0.3 is 0 Å². The third kappa shape index (κ3) is 5.62. The Morgan fingerprint density at radius 2 is 1.96 bits per heavy atom. The summed E-state index contributed by atoms with van der Waals surface area (Å²) in [6, 6.07) is 6.68. The van der Waals surface area contributed by atoms with Crippen LogP contribution < -0.4 is 14.8 Å². The Hall–Kier alpha value is -2.29. The molecule has 1 unspecified atom stereocenters. The van der Waals surface area contributed by atoms with Gasteiger partial charge < -0.3 is 19.7 Å². The fourth-order valence-corrected chi connectivity index (χ4v) is 4.60. The van der Waals surface area contributed by atoms with Crippen LogP contribution in [0.2, 0.25) is 0 Å². The van der Waals surface area contributed by atoms with Gasteiger partial charge in [-0.3, -0.25) is 9.59 Å². The summed E-state index contributed by atoms with van der Waals surface area (Å²) >= 11 is 0. The van der Waals surface area contributed by atoms with Crippen molar-refractivity contribution in [1.29, 1.82) is 0 Å². The first-order valence-corrected chi connectivity index (χ1v) is 10.1. The lowest BCUT2D eigenvalue weighted by Crippen LogP contribution is -2.44. The number of hydrogen-bond donors (Lipinski definition) is 1. The van der Waals surface area contributed by atoms with Crippen LogP contribution in [0.1, 0.15) is 13.3 Å². The topological polar surface area (TPSA) is 102 Å². The number of carbonyl (C=O) groups excluding carboxylic acids is 2. The van der Waals surface area contributed by atoms with Crippen LogP contribution in [0, 0.1) is 0 Å². The predicted octanol–water partition coefficient (Wildman–Crippen LogP) is 0.226. The largest absolute Gasteiger partial charge is 0.493 e. The number of para-hydroxylation sites is 2. The number of amides is 2. The average molecular weight is 384 g/mol. The van der Waals surface area contributed by atoms with E-state index in [1.54, 1.807) is 24.3 Å². The number of nitrogens with zero attached hydrogens (tertiary/aromatic N) is 1. The lowest BCUT2D eigenvalue weighted by Gasteiger charge is -2.27. The van der Waals surface area contributed by atoms with E-state index in [1.165, 1.54) is 18.9 Å². The molecule has 1 N–H and O–H groups in total. The summed E-state index contributed by atoms with van der Waals surface area (Å²) in [7, 11) is -1.56. The molecule has 0 aliphatic carbocycles. The Morgan fingerprint density at radius 3 is 2.54 bits per heavy atom. The lowest BCUT2D eigenvalue weighted by molar-refractivity contribution is -0.131. The van der Waals surface area contributed by atoms with Crippen molar-refractivity contribution in [2.45, 2.75) is 19.4 Å². The number of sulfone groups is 1. The zero-order valence-electron chi connectivity index (χ0n) is 14.9. The number of methoxy groups -OCH3 is 1. The van der Waals surface area contributed by atoms with Gasteiger partial charge in [-0.2, -0.15) is 0 Å². The van der Waals surface area contributed by atoms with Crippen molar-refractivity contribution in [3.05, 3.63) is 24.3 Å². The molecular formula is C17H24N2O6S. The fraction of sp³-hybridized carbons (Fsp3) is 0.529. The van der Waals surface area contributed by atoms with Crippen LogP contribution >= 0.6 is 0 Å². The molecule has 0 bridgehead atoms. The second-order valence-electron chi connectivity index (χ2n) is 6.06. The third-order valence-corrected chi connectivity index (χ3v) is 5.91. The van der Waals surface area contributed by atoms with Gasteiger partial charge in [0, 0.05) is 26.1 Å². The molecule has 1 aliphatic rings. The van der Waals surface area contributed by atoms with Crippen LogP contribution in [0.15, 0.2) is 24.3 Å². The van der Waals surface area contributed by atoms with Crippen molar-refractivity contribution in [1.82, 2.24) is 10.2 Å². The van der Waals surface area contributed by atoms with E-state index < -0.39 is 9.84 Å². The molecule has 1 atom stereocenters. The van der Waals surface area contributed by atoms with Crippen molar-refractivity contribution in [2.75, 3.05) is 38.3 Å². The Balaban J connectivity index is 1.78. The zero-order chi connectivity index (χ0) is 19.2. The Kier molecular flexibility index (Phi) is 6.84. The number of rotatable bonds is 8. The summed E-state index contributed by atoms with van der Waals surface area (Å²) in [5.74, 6) is 0.542. The molecule has 0 spiro atoms. The molecule has 2 amide bonds. The highest BCUT2D eigenvalue weighted by Gasteiger charge is 2.33. The molecule has 1 aromatic carbocycles. The zero-order valence-corrected chi connectivity index (χ0v) is 15.8. The maximum Gasteiger partial charge on any atom is 0.258 e. The summed E-state index contributed by atoms with van der Waals surface area (Å²) in [6.07, 6.45) is 0.437. The maximum absolute atomic E-state index is 11.9. The van der Waals surface area contributed by atoms with Gasteiger partial charge in [-0.05, 0) is 18.6 Å². The van der Waals surface area contributed by atoms with Crippen molar-refractivity contribution < 1.29 is 27.5 Å². The minimum atomic E-state index is -3.07. The second-order valence-corrected chi connectivity index (χ2v) is 8.29. The summed E-state index contributed by atoms with van der Waals surface area (Å²) in [4.78, 5) is 25.2. The van der Waals surface area contributed by atoms with Crippen molar-refractivity contribution in [3.8, 4) is 11.5 Å². The highest BCUT2D eigenvalue weighted by Crippen LogP contribution is 2.25. The third-order valence-electron chi connectivity index (χ3n) is 4.16. The van der Waals surface area contributed by atoms with E-state index in [-0.39, 0.29) is 49.1 Å². The molecule has 1 aliphatic heterocycles. The molecule has 144 valence electrons. The number of hydrogen-bond acceptors (Lipinski definition) is 6. The summed E-state index contributed by atoms with van der Waals surface area (Å²) in [5.41, 5.74) is 0. The number of carbonyl (C=O) groups is 2. The van der Waals surface area contributed by atoms with Gasteiger partial charge in [0.2, 0.25) is 5.91 Å². The molecule has 1 fully saturated rings. The van der Waals surface area contributed by atoms with Gasteiger partial charge in [-0.25, -0.2) is 8.42 Å². The Labute approximate surface area is 153 Å². The molecule has 1 aromatic rings. The summed E-state index contributed by atoms with van der Waals surface area (Å²) < 4.78 is 33.7. The number of nitrogens with one attached hydrogen (secondary N) is 1. The minimum Gasteiger partial charge on any atom is -0.493 e. The normalized spacial score (nSPS) is 18.2. The Morgan fingerprint density at radius 1 is 1.27 bits per heavy atom. The van der Waals surface area contributed by atoms with Crippen LogP contribution in [-0.2, 0) is 19.4 Å². The average Bonchev–Trinajstić information content (AvgIpc) is 2.96. The molecule has 26 heavy (non-hydrogen) atoms. The Bertz CT molecular complexity index is 749. The van der Waals surface area contributed by atoms with E-state index in [2.05, 4.69) is 5.32 Å². The van der Waals surface area contributed by atoms with Crippen LogP contribution in [-0.4, -0.2) is 69.5 Å². The fourth-order valence-electron chi connectivity index (χ4n) is 2.87. The molecule has 8 nitrogen and oxygen atoms in total. The molecular weight excluding hydrogens is 360 g/mol. The first-order chi connectivity index (χ1) is 12.3. The molecule has 9 heteroatoms. The van der Waals surface area contributed by atoms with E-state index in [0.29, 0.717) is 17.9 Å². The van der Waals surface area contributed by atoms with E-state index in [0.717, 1.165) is 0 Å². The first kappa shape index (κ1) is 20.0. The molecule has 1 heterocycles.